The fourth-order valence-electron chi connectivity index (χ4n) is 2.89. The third kappa shape index (κ3) is 2.28. The molecule has 0 amide bonds. The van der Waals surface area contributed by atoms with E-state index >= 15 is 0 Å². The fraction of sp³-hybridized carbons (Fsp3) is 0.538. The van der Waals surface area contributed by atoms with Crippen molar-refractivity contribution >= 4 is 17.2 Å². The van der Waals surface area contributed by atoms with Gasteiger partial charge >= 0.3 is 6.18 Å². The Bertz CT molecular complexity index is 674. The van der Waals surface area contributed by atoms with Crippen molar-refractivity contribution in [2.24, 2.45) is 0 Å². The number of nitrogens with zero attached hydrogens (tertiary/aromatic N) is 3. The van der Waals surface area contributed by atoms with Gasteiger partial charge in [0.05, 0.1) is 16.1 Å². The first-order valence-electron chi connectivity index (χ1n) is 6.74. The van der Waals surface area contributed by atoms with Gasteiger partial charge in [-0.25, -0.2) is 0 Å². The van der Waals surface area contributed by atoms with Gasteiger partial charge in [0.15, 0.2) is 11.5 Å². The Morgan fingerprint density at radius 2 is 2.19 bits per heavy atom. The Labute approximate surface area is 124 Å². The molecular formula is C13H14ClF3N4. The molecule has 0 saturated carbocycles. The second-order valence-electron chi connectivity index (χ2n) is 5.26. The number of rotatable bonds is 2. The minimum absolute atomic E-state index is 0.0483. The number of hydrogen-bond donors (Lipinski definition) is 1. The molecular weight excluding hydrogens is 305 g/mol. The number of fused-ring (bicyclic) bond motifs is 1. The van der Waals surface area contributed by atoms with Crippen LogP contribution in [-0.2, 0) is 11.7 Å². The Morgan fingerprint density at radius 3 is 2.76 bits per heavy atom. The Balaban J connectivity index is 2.23. The van der Waals surface area contributed by atoms with Crippen molar-refractivity contribution in [2.75, 3.05) is 6.54 Å². The second kappa shape index (κ2) is 4.84. The van der Waals surface area contributed by atoms with E-state index in [1.807, 2.05) is 6.92 Å². The van der Waals surface area contributed by atoms with Gasteiger partial charge in [-0.15, -0.1) is 10.2 Å². The van der Waals surface area contributed by atoms with Crippen LogP contribution in [0.25, 0.3) is 5.65 Å². The molecule has 3 heterocycles. The SMILES string of the molecule is CCC1(c2nnc3c(Cl)cc(C(F)(F)F)cn23)CCCN1. The summed E-state index contributed by atoms with van der Waals surface area (Å²) in [6.45, 7) is 2.80. The maximum atomic E-state index is 13.0. The van der Waals surface area contributed by atoms with E-state index in [0.717, 1.165) is 38.1 Å². The summed E-state index contributed by atoms with van der Waals surface area (Å²) in [5.74, 6) is 0.491. The minimum Gasteiger partial charge on any atom is -0.305 e. The lowest BCUT2D eigenvalue weighted by molar-refractivity contribution is -0.137. The molecule has 0 aliphatic carbocycles. The molecule has 114 valence electrons. The van der Waals surface area contributed by atoms with Crippen LogP contribution >= 0.6 is 11.6 Å². The molecule has 1 aliphatic heterocycles. The molecule has 1 atom stereocenters. The maximum absolute atomic E-state index is 13.0. The molecule has 0 aromatic carbocycles. The lowest BCUT2D eigenvalue weighted by Gasteiger charge is -2.26. The summed E-state index contributed by atoms with van der Waals surface area (Å²) in [4.78, 5) is 0. The standard InChI is InChI=1S/C13H14ClF3N4/c1-2-12(4-3-5-18-12)11-20-19-10-9(14)6-8(7-21(10)11)13(15,16)17/h6-7,18H,2-5H2,1H3. The summed E-state index contributed by atoms with van der Waals surface area (Å²) >= 11 is 5.93. The molecule has 1 N–H and O–H groups in total. The molecule has 1 saturated heterocycles. The number of alkyl halides is 3. The predicted molar refractivity (Wildman–Crippen MR) is 72.2 cm³/mol. The zero-order valence-electron chi connectivity index (χ0n) is 11.3. The first-order chi connectivity index (χ1) is 9.87. The van der Waals surface area contributed by atoms with Crippen molar-refractivity contribution in [3.05, 3.63) is 28.7 Å². The summed E-state index contributed by atoms with van der Waals surface area (Å²) in [5, 5.41) is 11.4. The van der Waals surface area contributed by atoms with Crippen LogP contribution in [0.4, 0.5) is 13.2 Å². The summed E-state index contributed by atoms with van der Waals surface area (Å²) < 4.78 is 40.2. The lowest BCUT2D eigenvalue weighted by Crippen LogP contribution is -2.38. The van der Waals surface area contributed by atoms with E-state index in [1.165, 1.54) is 4.40 Å². The molecule has 2 aromatic rings. The number of aromatic nitrogens is 3. The Morgan fingerprint density at radius 1 is 1.43 bits per heavy atom. The molecule has 4 nitrogen and oxygen atoms in total. The normalized spacial score (nSPS) is 23.1. The summed E-state index contributed by atoms with van der Waals surface area (Å²) in [7, 11) is 0. The number of pyridine rings is 1. The smallest absolute Gasteiger partial charge is 0.305 e. The fourth-order valence-corrected chi connectivity index (χ4v) is 3.14. The summed E-state index contributed by atoms with van der Waals surface area (Å²) in [6.07, 6.45) is -0.939. The second-order valence-corrected chi connectivity index (χ2v) is 5.66. The van der Waals surface area contributed by atoms with Crippen molar-refractivity contribution in [3.8, 4) is 0 Å². The van der Waals surface area contributed by atoms with Gasteiger partial charge in [0.2, 0.25) is 0 Å². The highest BCUT2D eigenvalue weighted by Crippen LogP contribution is 2.36. The van der Waals surface area contributed by atoms with Crippen LogP contribution in [0.15, 0.2) is 12.3 Å². The summed E-state index contributed by atoms with van der Waals surface area (Å²) in [6, 6.07) is 0.885. The van der Waals surface area contributed by atoms with Crippen LogP contribution in [-0.4, -0.2) is 21.1 Å². The van der Waals surface area contributed by atoms with Crippen molar-refractivity contribution in [1.82, 2.24) is 19.9 Å². The van der Waals surface area contributed by atoms with Crippen LogP contribution in [0.1, 0.15) is 37.6 Å². The van der Waals surface area contributed by atoms with Gasteiger partial charge < -0.3 is 5.32 Å². The van der Waals surface area contributed by atoms with Gasteiger partial charge in [0.25, 0.3) is 0 Å². The van der Waals surface area contributed by atoms with Gasteiger partial charge in [-0.2, -0.15) is 13.2 Å². The first kappa shape index (κ1) is 14.6. The van der Waals surface area contributed by atoms with Crippen LogP contribution in [0.5, 0.6) is 0 Å². The number of nitrogens with one attached hydrogen (secondary N) is 1. The van der Waals surface area contributed by atoms with Crippen LogP contribution in [0.2, 0.25) is 5.02 Å². The molecule has 0 spiro atoms. The third-order valence-corrected chi connectivity index (χ3v) is 4.34. The van der Waals surface area contributed by atoms with E-state index in [2.05, 4.69) is 15.5 Å². The highest BCUT2D eigenvalue weighted by Gasteiger charge is 2.39. The van der Waals surface area contributed by atoms with Gasteiger partial charge in [0.1, 0.15) is 0 Å². The van der Waals surface area contributed by atoms with Gasteiger partial charge in [-0.3, -0.25) is 4.40 Å². The lowest BCUT2D eigenvalue weighted by atomic mass is 9.93. The zero-order chi connectivity index (χ0) is 15.3. The molecule has 1 fully saturated rings. The molecule has 1 unspecified atom stereocenters. The van der Waals surface area contributed by atoms with Crippen LogP contribution in [0.3, 0.4) is 0 Å². The zero-order valence-corrected chi connectivity index (χ0v) is 12.1. The Hall–Kier alpha value is -1.34. The molecule has 0 radical (unpaired) electrons. The van der Waals surface area contributed by atoms with E-state index in [1.54, 1.807) is 0 Å². The monoisotopic (exact) mass is 318 g/mol. The van der Waals surface area contributed by atoms with E-state index in [9.17, 15) is 13.2 Å². The van der Waals surface area contributed by atoms with Gasteiger partial charge in [-0.05, 0) is 31.9 Å². The third-order valence-electron chi connectivity index (χ3n) is 4.06. The molecule has 8 heteroatoms. The van der Waals surface area contributed by atoms with Crippen molar-refractivity contribution in [3.63, 3.8) is 0 Å². The van der Waals surface area contributed by atoms with Gasteiger partial charge in [-0.1, -0.05) is 18.5 Å². The van der Waals surface area contributed by atoms with E-state index in [0.29, 0.717) is 5.82 Å². The molecule has 3 rings (SSSR count). The molecule has 1 aliphatic rings. The van der Waals surface area contributed by atoms with E-state index in [4.69, 9.17) is 11.6 Å². The van der Waals surface area contributed by atoms with Crippen LogP contribution in [0, 0.1) is 0 Å². The number of hydrogen-bond acceptors (Lipinski definition) is 3. The predicted octanol–water partition coefficient (Wildman–Crippen LogP) is 3.39. The van der Waals surface area contributed by atoms with Gasteiger partial charge in [0, 0.05) is 6.20 Å². The molecule has 21 heavy (non-hydrogen) atoms. The minimum atomic E-state index is -4.46. The topological polar surface area (TPSA) is 42.2 Å². The highest BCUT2D eigenvalue weighted by molar-refractivity contribution is 6.33. The maximum Gasteiger partial charge on any atom is 0.417 e. The first-order valence-corrected chi connectivity index (χ1v) is 7.12. The highest BCUT2D eigenvalue weighted by atomic mass is 35.5. The summed E-state index contributed by atoms with van der Waals surface area (Å²) in [5.41, 5.74) is -0.987. The van der Waals surface area contributed by atoms with Crippen molar-refractivity contribution in [2.45, 2.75) is 37.9 Å². The van der Waals surface area contributed by atoms with E-state index in [-0.39, 0.29) is 10.7 Å². The Kier molecular flexibility index (Phi) is 3.37. The number of halogens is 4. The molecule has 2 aromatic heterocycles. The van der Waals surface area contributed by atoms with Crippen molar-refractivity contribution < 1.29 is 13.2 Å². The molecule has 0 bridgehead atoms. The quantitative estimate of drug-likeness (QED) is 0.923. The van der Waals surface area contributed by atoms with Crippen molar-refractivity contribution in [1.29, 1.82) is 0 Å². The van der Waals surface area contributed by atoms with Crippen LogP contribution < -0.4 is 5.32 Å². The average Bonchev–Trinajstić information content (AvgIpc) is 3.04. The average molecular weight is 319 g/mol. The van der Waals surface area contributed by atoms with E-state index < -0.39 is 17.3 Å². The largest absolute Gasteiger partial charge is 0.417 e.